The maximum atomic E-state index is 12.5. The first-order valence-electron chi connectivity index (χ1n) is 11.2. The van der Waals surface area contributed by atoms with Gasteiger partial charge in [0.25, 0.3) is 5.91 Å². The van der Waals surface area contributed by atoms with E-state index in [0.29, 0.717) is 35.7 Å². The summed E-state index contributed by atoms with van der Waals surface area (Å²) in [7, 11) is 0. The van der Waals surface area contributed by atoms with Gasteiger partial charge < -0.3 is 24.5 Å². The van der Waals surface area contributed by atoms with Gasteiger partial charge in [-0.15, -0.1) is 0 Å². The van der Waals surface area contributed by atoms with Crippen LogP contribution in [0.25, 0.3) is 0 Å². The lowest BCUT2D eigenvalue weighted by Crippen LogP contribution is -2.29. The Bertz CT molecular complexity index is 1300. The van der Waals surface area contributed by atoms with Crippen molar-refractivity contribution in [2.45, 2.75) is 18.9 Å². The highest BCUT2D eigenvalue weighted by Gasteiger charge is 2.18. The lowest BCUT2D eigenvalue weighted by molar-refractivity contribution is -0.121. The zero-order valence-corrected chi connectivity index (χ0v) is 18.8. The highest BCUT2D eigenvalue weighted by atomic mass is 16.7. The van der Waals surface area contributed by atoms with Crippen molar-refractivity contribution in [1.29, 1.82) is 0 Å². The van der Waals surface area contributed by atoms with Gasteiger partial charge in [-0.1, -0.05) is 30.3 Å². The Labute approximate surface area is 201 Å². The Balaban J connectivity index is 1.12. The van der Waals surface area contributed by atoms with Crippen LogP contribution < -0.4 is 20.1 Å². The number of furan rings is 1. The van der Waals surface area contributed by atoms with Crippen LogP contribution >= 0.6 is 0 Å². The Morgan fingerprint density at radius 2 is 1.89 bits per heavy atom. The second-order valence-corrected chi connectivity index (χ2v) is 8.07. The van der Waals surface area contributed by atoms with E-state index in [1.54, 1.807) is 30.7 Å². The van der Waals surface area contributed by atoms with Crippen LogP contribution in [0.1, 0.15) is 34.0 Å². The van der Waals surface area contributed by atoms with Crippen LogP contribution in [0.4, 0.5) is 5.69 Å². The molecule has 0 saturated heterocycles. The lowest BCUT2D eigenvalue weighted by Gasteiger charge is -2.15. The van der Waals surface area contributed by atoms with E-state index in [9.17, 15) is 9.59 Å². The third-order valence-electron chi connectivity index (χ3n) is 5.68. The Morgan fingerprint density at radius 1 is 1.03 bits per heavy atom. The molecule has 3 heterocycles. The molecule has 2 aromatic carbocycles. The summed E-state index contributed by atoms with van der Waals surface area (Å²) >= 11 is 0. The van der Waals surface area contributed by atoms with Crippen LogP contribution in [0.15, 0.2) is 83.7 Å². The van der Waals surface area contributed by atoms with Crippen LogP contribution in [0.5, 0.6) is 11.5 Å². The molecule has 1 aliphatic rings. The fourth-order valence-electron chi connectivity index (χ4n) is 3.96. The number of carbonyl (C=O) groups is 2. The number of amides is 2. The second kappa shape index (κ2) is 10.2. The van der Waals surface area contributed by atoms with E-state index in [1.165, 1.54) is 10.9 Å². The topological polar surface area (TPSA) is 108 Å². The first kappa shape index (κ1) is 22.3. The average molecular weight is 473 g/mol. The van der Waals surface area contributed by atoms with Crippen LogP contribution in [0.3, 0.4) is 0 Å². The summed E-state index contributed by atoms with van der Waals surface area (Å²) in [5.41, 5.74) is 2.05. The monoisotopic (exact) mass is 472 g/mol. The molecule has 2 amide bonds. The largest absolute Gasteiger partial charge is 0.469 e. The van der Waals surface area contributed by atoms with Gasteiger partial charge in [-0.2, -0.15) is 5.10 Å². The minimum atomic E-state index is -0.308. The highest BCUT2D eigenvalue weighted by molar-refractivity contribution is 6.04. The van der Waals surface area contributed by atoms with Crippen LogP contribution in [0, 0.1) is 0 Å². The smallest absolute Gasteiger partial charge is 0.255 e. The van der Waals surface area contributed by atoms with E-state index in [1.807, 2.05) is 30.3 Å². The average Bonchev–Trinajstić information content (AvgIpc) is 3.64. The Morgan fingerprint density at radius 3 is 2.71 bits per heavy atom. The van der Waals surface area contributed by atoms with Gasteiger partial charge in [-0.25, -0.2) is 0 Å². The summed E-state index contributed by atoms with van der Waals surface area (Å²) in [5, 5.41) is 9.89. The molecule has 2 aromatic heterocycles. The number of rotatable bonds is 9. The first-order valence-corrected chi connectivity index (χ1v) is 11.2. The van der Waals surface area contributed by atoms with Gasteiger partial charge in [-0.3, -0.25) is 14.3 Å². The third-order valence-corrected chi connectivity index (χ3v) is 5.68. The summed E-state index contributed by atoms with van der Waals surface area (Å²) in [5.74, 6) is 1.57. The van der Waals surface area contributed by atoms with E-state index < -0.39 is 0 Å². The molecule has 0 aliphatic carbocycles. The van der Waals surface area contributed by atoms with E-state index in [2.05, 4.69) is 27.9 Å². The molecule has 0 bridgehead atoms. The molecule has 35 heavy (non-hydrogen) atoms. The number of aromatic nitrogens is 2. The van der Waals surface area contributed by atoms with Crippen molar-refractivity contribution in [3.05, 3.63) is 96.2 Å². The molecule has 1 aliphatic heterocycles. The first-order chi connectivity index (χ1) is 17.2. The predicted octanol–water partition coefficient (Wildman–Crippen LogP) is 3.80. The molecule has 9 heteroatoms. The summed E-state index contributed by atoms with van der Waals surface area (Å²) in [6.07, 6.45) is 5.46. The van der Waals surface area contributed by atoms with Gasteiger partial charge in [-0.05, 0) is 42.3 Å². The minimum Gasteiger partial charge on any atom is -0.469 e. The molecule has 0 saturated carbocycles. The SMILES string of the molecule is O=C(Cn1cc(NC(=O)c2ccc3c(c2)OCO3)cn1)NCC[C@@H](c1ccccc1)c1ccco1. The summed E-state index contributed by atoms with van der Waals surface area (Å²) < 4.78 is 17.7. The molecule has 2 N–H and O–H groups in total. The molecule has 178 valence electrons. The van der Waals surface area contributed by atoms with Gasteiger partial charge in [0.2, 0.25) is 12.7 Å². The quantitative estimate of drug-likeness (QED) is 0.384. The normalized spacial score (nSPS) is 12.8. The molecular formula is C26H24N4O5. The molecule has 0 spiro atoms. The number of hydrogen-bond donors (Lipinski definition) is 2. The zero-order chi connectivity index (χ0) is 24.0. The molecule has 1 atom stereocenters. The van der Waals surface area contributed by atoms with Gasteiger partial charge in [0.05, 0.1) is 18.1 Å². The van der Waals surface area contributed by atoms with Crippen molar-refractivity contribution in [3.63, 3.8) is 0 Å². The van der Waals surface area contributed by atoms with Crippen molar-refractivity contribution in [3.8, 4) is 11.5 Å². The van der Waals surface area contributed by atoms with Crippen molar-refractivity contribution in [2.75, 3.05) is 18.7 Å². The van der Waals surface area contributed by atoms with Gasteiger partial charge >= 0.3 is 0 Å². The molecule has 5 rings (SSSR count). The standard InChI is InChI=1S/C26H24N4O5/c31-25(27-11-10-21(22-7-4-12-33-22)18-5-2-1-3-6-18)16-30-15-20(14-28-30)29-26(32)19-8-9-23-24(13-19)35-17-34-23/h1-9,12-15,21H,10-11,16-17H2,(H,27,31)(H,29,32)/t21-/m0/s1. The third kappa shape index (κ3) is 5.35. The summed E-state index contributed by atoms with van der Waals surface area (Å²) in [4.78, 5) is 25.0. The van der Waals surface area contributed by atoms with E-state index >= 15 is 0 Å². The lowest BCUT2D eigenvalue weighted by atomic mass is 9.93. The molecule has 9 nitrogen and oxygen atoms in total. The van der Waals surface area contributed by atoms with Gasteiger partial charge in [0.15, 0.2) is 11.5 Å². The number of anilines is 1. The molecule has 0 unspecified atom stereocenters. The van der Waals surface area contributed by atoms with E-state index in [-0.39, 0.29) is 31.1 Å². The molecular weight excluding hydrogens is 448 g/mol. The fraction of sp³-hybridized carbons (Fsp3) is 0.192. The number of fused-ring (bicyclic) bond motifs is 1. The van der Waals surface area contributed by atoms with Crippen LogP contribution in [-0.4, -0.2) is 34.9 Å². The predicted molar refractivity (Wildman–Crippen MR) is 127 cm³/mol. The van der Waals surface area contributed by atoms with Gasteiger partial charge in [0.1, 0.15) is 12.3 Å². The fourth-order valence-corrected chi connectivity index (χ4v) is 3.96. The van der Waals surface area contributed by atoms with Crippen molar-refractivity contribution in [2.24, 2.45) is 0 Å². The summed E-state index contributed by atoms with van der Waals surface area (Å²) in [6.45, 7) is 0.662. The maximum Gasteiger partial charge on any atom is 0.255 e. The molecule has 0 radical (unpaired) electrons. The van der Waals surface area contributed by atoms with E-state index in [4.69, 9.17) is 13.9 Å². The van der Waals surface area contributed by atoms with Crippen molar-refractivity contribution < 1.29 is 23.5 Å². The minimum absolute atomic E-state index is 0.0383. The number of carbonyl (C=O) groups excluding carboxylic acids is 2. The summed E-state index contributed by atoms with van der Waals surface area (Å²) in [6, 6.07) is 18.9. The molecule has 4 aromatic rings. The van der Waals surface area contributed by atoms with Crippen LogP contribution in [0.2, 0.25) is 0 Å². The van der Waals surface area contributed by atoms with Crippen molar-refractivity contribution >= 4 is 17.5 Å². The number of ether oxygens (including phenoxy) is 2. The second-order valence-electron chi connectivity index (χ2n) is 8.07. The number of nitrogens with one attached hydrogen (secondary N) is 2. The Kier molecular flexibility index (Phi) is 6.47. The highest BCUT2D eigenvalue weighted by Crippen LogP contribution is 2.32. The molecule has 0 fully saturated rings. The van der Waals surface area contributed by atoms with E-state index in [0.717, 1.165) is 11.3 Å². The van der Waals surface area contributed by atoms with Crippen LogP contribution in [-0.2, 0) is 11.3 Å². The van der Waals surface area contributed by atoms with Gasteiger partial charge in [0, 0.05) is 24.2 Å². The number of benzene rings is 2. The zero-order valence-electron chi connectivity index (χ0n) is 18.8. The maximum absolute atomic E-state index is 12.5. The Hall–Kier alpha value is -4.53. The van der Waals surface area contributed by atoms with Crippen molar-refractivity contribution in [1.82, 2.24) is 15.1 Å². The number of hydrogen-bond acceptors (Lipinski definition) is 6. The number of nitrogens with zero attached hydrogens (tertiary/aromatic N) is 2.